The molecule has 0 spiro atoms. The summed E-state index contributed by atoms with van der Waals surface area (Å²) in [4.78, 5) is 25.0. The van der Waals surface area contributed by atoms with Crippen LogP contribution in [0.1, 0.15) is 13.3 Å². The van der Waals surface area contributed by atoms with E-state index in [1.807, 2.05) is 6.07 Å². The zero-order valence-corrected chi connectivity index (χ0v) is 12.0. The van der Waals surface area contributed by atoms with Gasteiger partial charge in [0.2, 0.25) is 5.91 Å². The van der Waals surface area contributed by atoms with Crippen LogP contribution in [0.2, 0.25) is 0 Å². The van der Waals surface area contributed by atoms with Gasteiger partial charge in [-0.05, 0) is 24.3 Å². The number of nitrogens with one attached hydrogen (secondary N) is 1. The highest BCUT2D eigenvalue weighted by Gasteiger charge is 2.23. The second-order valence-corrected chi connectivity index (χ2v) is 4.28. The van der Waals surface area contributed by atoms with Gasteiger partial charge in [0, 0.05) is 25.4 Å². The van der Waals surface area contributed by atoms with Crippen molar-refractivity contribution >= 4 is 23.2 Å². The molecular weight excluding hydrogens is 282 g/mol. The van der Waals surface area contributed by atoms with Crippen LogP contribution < -0.4 is 16.0 Å². The summed E-state index contributed by atoms with van der Waals surface area (Å²) in [6.07, 6.45) is 1.44. The number of hydrogen-bond acceptors (Lipinski definition) is 6. The summed E-state index contributed by atoms with van der Waals surface area (Å²) in [7, 11) is 0. The van der Waals surface area contributed by atoms with Crippen molar-refractivity contribution in [2.24, 2.45) is 0 Å². The van der Waals surface area contributed by atoms with Crippen molar-refractivity contribution in [1.29, 1.82) is 10.5 Å². The summed E-state index contributed by atoms with van der Waals surface area (Å²) in [5.41, 5.74) is 6.16. The van der Waals surface area contributed by atoms with Gasteiger partial charge in [0.25, 0.3) is 5.91 Å². The highest BCUT2D eigenvalue weighted by Crippen LogP contribution is 2.18. The number of rotatable bonds is 5. The van der Waals surface area contributed by atoms with Crippen molar-refractivity contribution < 1.29 is 9.59 Å². The van der Waals surface area contributed by atoms with Crippen molar-refractivity contribution in [2.45, 2.75) is 13.3 Å². The van der Waals surface area contributed by atoms with Gasteiger partial charge < -0.3 is 11.1 Å². The SMILES string of the molecule is CC(=O)N(C(=O)/C(C#N)=C\NCCC#N)c1ccc(N)cc1. The van der Waals surface area contributed by atoms with E-state index in [0.29, 0.717) is 17.9 Å². The van der Waals surface area contributed by atoms with Crippen LogP contribution in [-0.2, 0) is 9.59 Å². The molecule has 0 saturated heterocycles. The molecule has 0 aliphatic carbocycles. The molecule has 7 nitrogen and oxygen atoms in total. The first-order valence-electron chi connectivity index (χ1n) is 6.42. The van der Waals surface area contributed by atoms with E-state index >= 15 is 0 Å². The second-order valence-electron chi connectivity index (χ2n) is 4.28. The number of nitrogen functional groups attached to an aromatic ring is 1. The zero-order chi connectivity index (χ0) is 16.5. The normalized spacial score (nSPS) is 10.2. The lowest BCUT2D eigenvalue weighted by atomic mass is 10.2. The van der Waals surface area contributed by atoms with Crippen molar-refractivity contribution in [2.75, 3.05) is 17.2 Å². The maximum absolute atomic E-state index is 12.3. The Hall–Kier alpha value is -3.32. The number of nitrogens with two attached hydrogens (primary N) is 1. The predicted octanol–water partition coefficient (Wildman–Crippen LogP) is 1.06. The Morgan fingerprint density at radius 1 is 1.32 bits per heavy atom. The van der Waals surface area contributed by atoms with Gasteiger partial charge >= 0.3 is 0 Å². The number of benzene rings is 1. The standard InChI is InChI=1S/C15H15N5O2/c1-11(21)20(14-5-3-13(18)4-6-14)15(22)12(9-17)10-19-8-2-7-16/h3-6,10,19H,2,8,18H2,1H3/b12-10-. The van der Waals surface area contributed by atoms with Gasteiger partial charge in [-0.3, -0.25) is 9.59 Å². The molecular formula is C15H15N5O2. The van der Waals surface area contributed by atoms with Crippen LogP contribution in [-0.4, -0.2) is 18.4 Å². The first-order valence-corrected chi connectivity index (χ1v) is 6.42. The molecule has 22 heavy (non-hydrogen) atoms. The molecule has 0 aliphatic heterocycles. The zero-order valence-electron chi connectivity index (χ0n) is 12.0. The molecule has 3 N–H and O–H groups in total. The molecule has 0 unspecified atom stereocenters. The fourth-order valence-corrected chi connectivity index (χ4v) is 1.63. The molecule has 2 amide bonds. The molecule has 0 aliphatic rings. The summed E-state index contributed by atoms with van der Waals surface area (Å²) in [5.74, 6) is -1.27. The largest absolute Gasteiger partial charge is 0.399 e. The van der Waals surface area contributed by atoms with E-state index in [1.54, 1.807) is 18.2 Å². The Morgan fingerprint density at radius 2 is 1.95 bits per heavy atom. The van der Waals surface area contributed by atoms with Crippen LogP contribution in [0, 0.1) is 22.7 Å². The molecule has 0 fully saturated rings. The summed E-state index contributed by atoms with van der Waals surface area (Å²) in [6, 6.07) is 9.82. The first-order chi connectivity index (χ1) is 10.5. The van der Waals surface area contributed by atoms with Crippen molar-refractivity contribution in [3.05, 3.63) is 36.0 Å². The average molecular weight is 297 g/mol. The van der Waals surface area contributed by atoms with Crippen molar-refractivity contribution in [3.63, 3.8) is 0 Å². The van der Waals surface area contributed by atoms with Gasteiger partial charge in [-0.1, -0.05) is 0 Å². The van der Waals surface area contributed by atoms with Crippen molar-refractivity contribution in [1.82, 2.24) is 5.32 Å². The molecule has 0 bridgehead atoms. The summed E-state index contributed by atoms with van der Waals surface area (Å²) in [5, 5.41) is 20.2. The summed E-state index contributed by atoms with van der Waals surface area (Å²) >= 11 is 0. The van der Waals surface area contributed by atoms with Gasteiger partial charge in [-0.25, -0.2) is 4.90 Å². The summed E-state index contributed by atoms with van der Waals surface area (Å²) in [6.45, 7) is 1.53. The lowest BCUT2D eigenvalue weighted by Gasteiger charge is -2.18. The number of hydrogen-bond donors (Lipinski definition) is 2. The number of anilines is 2. The number of amides is 2. The number of carbonyl (C=O) groups excluding carboxylic acids is 2. The molecule has 0 heterocycles. The van der Waals surface area contributed by atoms with E-state index in [2.05, 4.69) is 5.32 Å². The highest BCUT2D eigenvalue weighted by atomic mass is 16.2. The number of nitrogens with zero attached hydrogens (tertiary/aromatic N) is 3. The lowest BCUT2D eigenvalue weighted by Crippen LogP contribution is -2.36. The minimum Gasteiger partial charge on any atom is -0.399 e. The fraction of sp³-hybridized carbons (Fsp3) is 0.200. The van der Waals surface area contributed by atoms with Gasteiger partial charge in [0.15, 0.2) is 0 Å². The van der Waals surface area contributed by atoms with Crippen LogP contribution in [0.15, 0.2) is 36.0 Å². The third kappa shape index (κ3) is 4.36. The molecule has 7 heteroatoms. The van der Waals surface area contributed by atoms with E-state index in [0.717, 1.165) is 4.90 Å². The van der Waals surface area contributed by atoms with E-state index < -0.39 is 11.8 Å². The highest BCUT2D eigenvalue weighted by molar-refractivity contribution is 6.21. The Balaban J connectivity index is 3.02. The third-order valence-electron chi connectivity index (χ3n) is 2.65. The topological polar surface area (TPSA) is 123 Å². The number of carbonyl (C=O) groups is 2. The molecule has 1 aromatic rings. The quantitative estimate of drug-likeness (QED) is 0.362. The predicted molar refractivity (Wildman–Crippen MR) is 81.0 cm³/mol. The molecule has 0 radical (unpaired) electrons. The minimum atomic E-state index is -0.746. The molecule has 112 valence electrons. The van der Waals surface area contributed by atoms with Gasteiger partial charge in [0.05, 0.1) is 18.2 Å². The van der Waals surface area contributed by atoms with Crippen LogP contribution in [0.4, 0.5) is 11.4 Å². The Bertz CT molecular complexity index is 665. The van der Waals surface area contributed by atoms with Gasteiger partial charge in [-0.15, -0.1) is 0 Å². The van der Waals surface area contributed by atoms with Crippen molar-refractivity contribution in [3.8, 4) is 12.1 Å². The van der Waals surface area contributed by atoms with E-state index in [9.17, 15) is 9.59 Å². The van der Waals surface area contributed by atoms with E-state index in [4.69, 9.17) is 16.3 Å². The van der Waals surface area contributed by atoms with Crippen LogP contribution in [0.3, 0.4) is 0 Å². The van der Waals surface area contributed by atoms with Crippen LogP contribution >= 0.6 is 0 Å². The van der Waals surface area contributed by atoms with Gasteiger partial charge in [0.1, 0.15) is 11.6 Å². The fourth-order valence-electron chi connectivity index (χ4n) is 1.63. The number of nitriles is 2. The Morgan fingerprint density at radius 3 is 2.45 bits per heavy atom. The monoisotopic (exact) mass is 297 g/mol. The Labute approximate surface area is 128 Å². The molecule has 0 aromatic heterocycles. The third-order valence-corrected chi connectivity index (χ3v) is 2.65. The average Bonchev–Trinajstić information content (AvgIpc) is 2.49. The van der Waals surface area contributed by atoms with E-state index in [-0.39, 0.29) is 12.0 Å². The molecule has 0 saturated carbocycles. The Kier molecular flexibility index (Phi) is 6.14. The number of imide groups is 1. The van der Waals surface area contributed by atoms with Crippen LogP contribution in [0.25, 0.3) is 0 Å². The molecule has 1 rings (SSSR count). The molecule has 1 aromatic carbocycles. The van der Waals surface area contributed by atoms with Gasteiger partial charge in [-0.2, -0.15) is 10.5 Å². The second kappa shape index (κ2) is 8.08. The minimum absolute atomic E-state index is 0.232. The molecule has 0 atom stereocenters. The summed E-state index contributed by atoms with van der Waals surface area (Å²) < 4.78 is 0. The maximum Gasteiger partial charge on any atom is 0.277 e. The smallest absolute Gasteiger partial charge is 0.277 e. The van der Waals surface area contributed by atoms with E-state index in [1.165, 1.54) is 25.3 Å². The first kappa shape index (κ1) is 16.7. The maximum atomic E-state index is 12.3. The van der Waals surface area contributed by atoms with Crippen LogP contribution in [0.5, 0.6) is 0 Å². The lowest BCUT2D eigenvalue weighted by molar-refractivity contribution is -0.123.